The summed E-state index contributed by atoms with van der Waals surface area (Å²) in [5, 5.41) is 9.84. The van der Waals surface area contributed by atoms with Gasteiger partial charge in [-0.3, -0.25) is 4.90 Å². The van der Waals surface area contributed by atoms with Crippen molar-refractivity contribution in [2.45, 2.75) is 31.9 Å². The van der Waals surface area contributed by atoms with Gasteiger partial charge in [-0.2, -0.15) is 0 Å². The summed E-state index contributed by atoms with van der Waals surface area (Å²) in [6.45, 7) is 9.86. The highest BCUT2D eigenvalue weighted by molar-refractivity contribution is 5.33. The van der Waals surface area contributed by atoms with Crippen LogP contribution < -0.4 is 4.74 Å². The predicted molar refractivity (Wildman–Crippen MR) is 108 cm³/mol. The topological polar surface area (TPSA) is 39.2 Å². The molecule has 150 valence electrons. The minimum Gasteiger partial charge on any atom is -0.493 e. The molecule has 1 aromatic rings. The molecule has 3 aliphatic rings. The first-order valence-electron chi connectivity index (χ1n) is 10.7. The second-order valence-corrected chi connectivity index (χ2v) is 8.79. The fourth-order valence-electron chi connectivity index (χ4n) is 5.05. The number of likely N-dealkylation sites (N-methyl/N-ethyl adjacent to an activating group) is 1. The Kier molecular flexibility index (Phi) is 6.33. The number of hydrogen-bond acceptors (Lipinski definition) is 5. The van der Waals surface area contributed by atoms with Crippen LogP contribution in [0.2, 0.25) is 0 Å². The Morgan fingerprint density at radius 3 is 2.44 bits per heavy atom. The van der Waals surface area contributed by atoms with Gasteiger partial charge in [-0.05, 0) is 44.2 Å². The van der Waals surface area contributed by atoms with Crippen molar-refractivity contribution >= 4 is 0 Å². The van der Waals surface area contributed by atoms with E-state index in [4.69, 9.17) is 4.74 Å². The Balaban J connectivity index is 1.22. The molecule has 4 rings (SSSR count). The Morgan fingerprint density at radius 1 is 1.00 bits per heavy atom. The van der Waals surface area contributed by atoms with Crippen LogP contribution in [-0.2, 0) is 6.54 Å². The summed E-state index contributed by atoms with van der Waals surface area (Å²) >= 11 is 0. The van der Waals surface area contributed by atoms with E-state index in [2.05, 4.69) is 46.0 Å². The SMILES string of the molecule is CN1CCN(CCCOc2ccccc2CN2C[C@H]3CC(O)C[C@H]3C2)CC1. The van der Waals surface area contributed by atoms with Gasteiger partial charge in [0, 0.05) is 57.9 Å². The molecule has 0 spiro atoms. The molecule has 1 saturated carbocycles. The summed E-state index contributed by atoms with van der Waals surface area (Å²) < 4.78 is 6.17. The first-order valence-corrected chi connectivity index (χ1v) is 10.7. The molecule has 0 radical (unpaired) electrons. The number of ether oxygens (including phenoxy) is 1. The van der Waals surface area contributed by atoms with E-state index < -0.39 is 0 Å². The highest BCUT2D eigenvalue weighted by Gasteiger charge is 2.40. The number of nitrogens with zero attached hydrogens (tertiary/aromatic N) is 3. The fourth-order valence-corrected chi connectivity index (χ4v) is 5.05. The molecular weight excluding hydrogens is 338 g/mol. The molecule has 2 heterocycles. The average molecular weight is 374 g/mol. The van der Waals surface area contributed by atoms with Crippen molar-refractivity contribution < 1.29 is 9.84 Å². The molecule has 0 amide bonds. The van der Waals surface area contributed by atoms with Crippen LogP contribution in [0.5, 0.6) is 5.75 Å². The number of benzene rings is 1. The van der Waals surface area contributed by atoms with Crippen LogP contribution in [-0.4, -0.2) is 85.4 Å². The summed E-state index contributed by atoms with van der Waals surface area (Å²) in [5.41, 5.74) is 1.30. The third-order valence-corrected chi connectivity index (χ3v) is 6.64. The molecule has 2 aliphatic heterocycles. The maximum Gasteiger partial charge on any atom is 0.123 e. The smallest absolute Gasteiger partial charge is 0.123 e. The highest BCUT2D eigenvalue weighted by Crippen LogP contribution is 2.38. The van der Waals surface area contributed by atoms with Gasteiger partial charge in [0.2, 0.25) is 0 Å². The zero-order chi connectivity index (χ0) is 18.6. The van der Waals surface area contributed by atoms with Crippen molar-refractivity contribution in [3.05, 3.63) is 29.8 Å². The van der Waals surface area contributed by atoms with E-state index >= 15 is 0 Å². The van der Waals surface area contributed by atoms with E-state index in [1.807, 2.05) is 0 Å². The van der Waals surface area contributed by atoms with Crippen LogP contribution in [0.25, 0.3) is 0 Å². The number of aliphatic hydroxyl groups excluding tert-OH is 1. The van der Waals surface area contributed by atoms with Gasteiger partial charge in [0.25, 0.3) is 0 Å². The summed E-state index contributed by atoms with van der Waals surface area (Å²) in [6.07, 6.45) is 3.01. The molecule has 2 saturated heterocycles. The molecular formula is C22H35N3O2. The van der Waals surface area contributed by atoms with E-state index in [1.165, 1.54) is 31.7 Å². The third kappa shape index (κ3) is 5.02. The van der Waals surface area contributed by atoms with Crippen LogP contribution in [0.3, 0.4) is 0 Å². The van der Waals surface area contributed by atoms with Gasteiger partial charge in [0.15, 0.2) is 0 Å². The van der Waals surface area contributed by atoms with Crippen molar-refractivity contribution in [1.29, 1.82) is 0 Å². The van der Waals surface area contributed by atoms with E-state index in [1.54, 1.807) is 0 Å². The molecule has 1 N–H and O–H groups in total. The van der Waals surface area contributed by atoms with Gasteiger partial charge < -0.3 is 19.6 Å². The van der Waals surface area contributed by atoms with Crippen LogP contribution in [0.1, 0.15) is 24.8 Å². The molecule has 1 aromatic carbocycles. The zero-order valence-corrected chi connectivity index (χ0v) is 16.7. The van der Waals surface area contributed by atoms with Crippen molar-refractivity contribution in [1.82, 2.24) is 14.7 Å². The summed E-state index contributed by atoms with van der Waals surface area (Å²) in [5.74, 6) is 2.43. The van der Waals surface area contributed by atoms with Crippen molar-refractivity contribution in [3.8, 4) is 5.75 Å². The first kappa shape index (κ1) is 19.2. The molecule has 0 bridgehead atoms. The van der Waals surface area contributed by atoms with E-state index in [0.29, 0.717) is 11.8 Å². The average Bonchev–Trinajstić information content (AvgIpc) is 3.18. The Labute approximate surface area is 163 Å². The van der Waals surface area contributed by atoms with Gasteiger partial charge in [-0.25, -0.2) is 0 Å². The van der Waals surface area contributed by atoms with Gasteiger partial charge in [0.05, 0.1) is 12.7 Å². The molecule has 1 aliphatic carbocycles. The first-order chi connectivity index (χ1) is 13.2. The lowest BCUT2D eigenvalue weighted by Gasteiger charge is -2.32. The van der Waals surface area contributed by atoms with Crippen LogP contribution in [0.15, 0.2) is 24.3 Å². The van der Waals surface area contributed by atoms with Gasteiger partial charge >= 0.3 is 0 Å². The highest BCUT2D eigenvalue weighted by atomic mass is 16.5. The number of fused-ring (bicyclic) bond motifs is 1. The van der Waals surface area contributed by atoms with Gasteiger partial charge in [0.1, 0.15) is 5.75 Å². The van der Waals surface area contributed by atoms with E-state index in [-0.39, 0.29) is 6.10 Å². The second-order valence-electron chi connectivity index (χ2n) is 8.79. The monoisotopic (exact) mass is 373 g/mol. The standard InChI is InChI=1S/C22H35N3O2/c1-23-8-10-24(11-9-23)7-4-12-27-22-6-3-2-5-18(22)15-25-16-19-13-21(26)14-20(19)17-25/h2-3,5-6,19-21,26H,4,7-17H2,1H3/t19-,20+,21?. The number of para-hydroxylation sites is 1. The maximum atomic E-state index is 9.84. The molecule has 5 nitrogen and oxygen atoms in total. The zero-order valence-electron chi connectivity index (χ0n) is 16.7. The minimum absolute atomic E-state index is 0.0573. The number of rotatable bonds is 7. The van der Waals surface area contributed by atoms with Crippen LogP contribution in [0, 0.1) is 11.8 Å². The van der Waals surface area contributed by atoms with Crippen LogP contribution in [0.4, 0.5) is 0 Å². The summed E-state index contributed by atoms with van der Waals surface area (Å²) in [4.78, 5) is 7.50. The molecule has 1 unspecified atom stereocenters. The number of likely N-dealkylation sites (tertiary alicyclic amines) is 1. The number of hydrogen-bond donors (Lipinski definition) is 1. The largest absolute Gasteiger partial charge is 0.493 e. The quantitative estimate of drug-likeness (QED) is 0.739. The lowest BCUT2D eigenvalue weighted by atomic mass is 10.0. The lowest BCUT2D eigenvalue weighted by molar-refractivity contribution is 0.145. The van der Waals surface area contributed by atoms with E-state index in [9.17, 15) is 5.11 Å². The minimum atomic E-state index is -0.0573. The maximum absolute atomic E-state index is 9.84. The van der Waals surface area contributed by atoms with Crippen LogP contribution >= 0.6 is 0 Å². The molecule has 5 heteroatoms. The molecule has 27 heavy (non-hydrogen) atoms. The van der Waals surface area contributed by atoms with Crippen molar-refractivity contribution in [3.63, 3.8) is 0 Å². The predicted octanol–water partition coefficient (Wildman–Crippen LogP) is 1.91. The Bertz CT molecular complexity index is 589. The molecule has 3 atom stereocenters. The number of piperazine rings is 1. The van der Waals surface area contributed by atoms with Gasteiger partial charge in [-0.15, -0.1) is 0 Å². The van der Waals surface area contributed by atoms with Crippen molar-refractivity contribution in [2.75, 3.05) is 59.5 Å². The van der Waals surface area contributed by atoms with Crippen molar-refractivity contribution in [2.24, 2.45) is 11.8 Å². The second kappa shape index (κ2) is 8.91. The lowest BCUT2D eigenvalue weighted by Crippen LogP contribution is -2.44. The van der Waals surface area contributed by atoms with Gasteiger partial charge in [-0.1, -0.05) is 18.2 Å². The Hall–Kier alpha value is -1.14. The number of aliphatic hydroxyl groups is 1. The van der Waals surface area contributed by atoms with E-state index in [0.717, 1.165) is 57.8 Å². The molecule has 3 fully saturated rings. The summed E-state index contributed by atoms with van der Waals surface area (Å²) in [7, 11) is 2.20. The fraction of sp³-hybridized carbons (Fsp3) is 0.727. The molecule has 0 aromatic heterocycles. The third-order valence-electron chi connectivity index (χ3n) is 6.64. The summed E-state index contributed by atoms with van der Waals surface area (Å²) in [6, 6.07) is 8.52. The Morgan fingerprint density at radius 2 is 1.70 bits per heavy atom. The normalized spacial score (nSPS) is 29.9.